The molecule has 0 bridgehead atoms. The largest absolute Gasteiger partial charge is 0.465 e. The molecule has 3 amide bonds. The van der Waals surface area contributed by atoms with Gasteiger partial charge >= 0.3 is 12.0 Å². The van der Waals surface area contributed by atoms with Gasteiger partial charge in [-0.15, -0.1) is 0 Å². The van der Waals surface area contributed by atoms with E-state index in [0.29, 0.717) is 18.3 Å². The Hall–Kier alpha value is -3.46. The Balaban J connectivity index is 1.48. The zero-order chi connectivity index (χ0) is 28.9. The Morgan fingerprint density at radius 2 is 1.85 bits per heavy atom. The molecule has 3 fully saturated rings. The Bertz CT molecular complexity index is 1160. The van der Waals surface area contributed by atoms with E-state index < -0.39 is 5.97 Å². The van der Waals surface area contributed by atoms with Crippen LogP contribution in [0.2, 0.25) is 0 Å². The minimum Gasteiger partial charge on any atom is -0.465 e. The number of urea groups is 1. The Morgan fingerprint density at radius 3 is 2.40 bits per heavy atom. The van der Waals surface area contributed by atoms with Crippen LogP contribution in [0.1, 0.15) is 57.4 Å². The van der Waals surface area contributed by atoms with E-state index in [1.807, 2.05) is 0 Å². The first-order valence-electron chi connectivity index (χ1n) is 14.2. The van der Waals surface area contributed by atoms with Gasteiger partial charge in [-0.3, -0.25) is 9.69 Å². The molecule has 2 aliphatic carbocycles. The van der Waals surface area contributed by atoms with Gasteiger partial charge in [-0.25, -0.2) is 14.6 Å². The maximum atomic E-state index is 13.8. The highest BCUT2D eigenvalue weighted by Gasteiger charge is 2.55. The van der Waals surface area contributed by atoms with Crippen molar-refractivity contribution in [1.29, 1.82) is 0 Å². The van der Waals surface area contributed by atoms with Gasteiger partial charge in [0.2, 0.25) is 5.91 Å². The molecule has 1 saturated heterocycles. The van der Waals surface area contributed by atoms with Gasteiger partial charge < -0.3 is 19.9 Å². The molecule has 3 aliphatic rings. The van der Waals surface area contributed by atoms with E-state index in [2.05, 4.69) is 75.9 Å². The highest BCUT2D eigenvalue weighted by Crippen LogP contribution is 2.49. The fraction of sp³-hybridized carbons (Fsp3) is 0.548. The third kappa shape index (κ3) is 5.99. The van der Waals surface area contributed by atoms with Crippen LogP contribution in [-0.2, 0) is 19.9 Å². The number of hydrogen-bond donors (Lipinski definition) is 1. The van der Waals surface area contributed by atoms with E-state index in [-0.39, 0.29) is 35.1 Å². The van der Waals surface area contributed by atoms with E-state index in [1.165, 1.54) is 31.4 Å². The summed E-state index contributed by atoms with van der Waals surface area (Å²) in [5.74, 6) is -0.0171. The first-order valence-corrected chi connectivity index (χ1v) is 14.2. The standard InChI is InChI=1S/C31H43N5O4/c1-6-25(28(38)40-5)19-32-23(2)33-27(37)21-35-22-30(36(29(35)39)20-24-11-10-12-24)15-17-31(18-16-30,34(3)4)26-13-8-7-9-14-26/h6-9,13-14,19,24H,1,10-12,15-18,20-22H2,2-5H3,(H,32,33,37)/b25-19+/t30-,31+. The molecule has 9 heteroatoms. The van der Waals surface area contributed by atoms with Crippen molar-refractivity contribution in [3.63, 3.8) is 0 Å². The smallest absolute Gasteiger partial charge is 0.339 e. The Kier molecular flexibility index (Phi) is 9.13. The maximum Gasteiger partial charge on any atom is 0.339 e. The van der Waals surface area contributed by atoms with Crippen LogP contribution in [-0.4, -0.2) is 84.8 Å². The van der Waals surface area contributed by atoms with Gasteiger partial charge in [-0.1, -0.05) is 49.4 Å². The van der Waals surface area contributed by atoms with E-state index >= 15 is 0 Å². The number of carbonyl (C=O) groups excluding carboxylic acids is 3. The van der Waals surface area contributed by atoms with Crippen molar-refractivity contribution >= 4 is 23.7 Å². The number of nitrogens with zero attached hydrogens (tertiary/aromatic N) is 4. The molecule has 1 N–H and O–H groups in total. The second kappa shape index (κ2) is 12.4. The summed E-state index contributed by atoms with van der Waals surface area (Å²) in [5, 5.41) is 2.74. The lowest BCUT2D eigenvalue weighted by Crippen LogP contribution is -2.56. The molecular weight excluding hydrogens is 506 g/mol. The average Bonchev–Trinajstić information content (AvgIpc) is 3.16. The molecule has 0 aromatic heterocycles. The van der Waals surface area contributed by atoms with Crippen molar-refractivity contribution in [1.82, 2.24) is 20.0 Å². The van der Waals surface area contributed by atoms with Crippen LogP contribution in [0.4, 0.5) is 4.79 Å². The second-order valence-corrected chi connectivity index (χ2v) is 11.6. The molecule has 1 spiro atoms. The van der Waals surface area contributed by atoms with E-state index in [9.17, 15) is 14.4 Å². The number of amidine groups is 1. The lowest BCUT2D eigenvalue weighted by Gasteiger charge is -2.51. The van der Waals surface area contributed by atoms with Crippen molar-refractivity contribution in [2.45, 2.75) is 62.9 Å². The Labute approximate surface area is 237 Å². The zero-order valence-electron chi connectivity index (χ0n) is 24.3. The van der Waals surface area contributed by atoms with Crippen molar-refractivity contribution in [2.75, 3.05) is 40.8 Å². The second-order valence-electron chi connectivity index (χ2n) is 11.6. The normalized spacial score (nSPS) is 25.8. The SMILES string of the molecule is C=C/C(=C\N=C(/C)NC(=O)CN1C[C@]2(CC[C@](c3ccccc3)(N(C)C)CC2)N(CC2CCC2)C1=O)C(=O)OC. The van der Waals surface area contributed by atoms with Gasteiger partial charge in [0, 0.05) is 24.8 Å². The summed E-state index contributed by atoms with van der Waals surface area (Å²) >= 11 is 0. The zero-order valence-corrected chi connectivity index (χ0v) is 24.3. The van der Waals surface area contributed by atoms with Gasteiger partial charge in [-0.05, 0) is 71.0 Å². The van der Waals surface area contributed by atoms with Gasteiger partial charge in [0.25, 0.3) is 0 Å². The summed E-state index contributed by atoms with van der Waals surface area (Å²) in [4.78, 5) is 48.7. The number of carbonyl (C=O) groups is 3. The van der Waals surface area contributed by atoms with Crippen LogP contribution >= 0.6 is 0 Å². The summed E-state index contributed by atoms with van der Waals surface area (Å²) in [7, 11) is 5.58. The maximum absolute atomic E-state index is 13.8. The van der Waals surface area contributed by atoms with Crippen LogP contribution in [0.5, 0.6) is 0 Å². The van der Waals surface area contributed by atoms with Crippen molar-refractivity contribution in [3.8, 4) is 0 Å². The molecule has 9 nitrogen and oxygen atoms in total. The molecule has 0 atom stereocenters. The molecule has 2 saturated carbocycles. The highest BCUT2D eigenvalue weighted by molar-refractivity contribution is 5.99. The fourth-order valence-corrected chi connectivity index (χ4v) is 6.43. The van der Waals surface area contributed by atoms with Gasteiger partial charge in [0.1, 0.15) is 12.4 Å². The number of hydrogen-bond acceptors (Lipinski definition) is 6. The average molecular weight is 550 g/mol. The third-order valence-electron chi connectivity index (χ3n) is 9.09. The third-order valence-corrected chi connectivity index (χ3v) is 9.09. The minimum atomic E-state index is -0.560. The number of esters is 1. The number of amides is 3. The quantitative estimate of drug-likeness (QED) is 0.165. The molecule has 40 heavy (non-hydrogen) atoms. The number of ether oxygens (including phenoxy) is 1. The molecule has 0 unspecified atom stereocenters. The van der Waals surface area contributed by atoms with Crippen molar-refractivity contribution in [2.24, 2.45) is 10.9 Å². The summed E-state index contributed by atoms with van der Waals surface area (Å²) in [5.41, 5.74) is 1.16. The summed E-state index contributed by atoms with van der Waals surface area (Å²) < 4.78 is 4.69. The van der Waals surface area contributed by atoms with E-state index in [4.69, 9.17) is 0 Å². The van der Waals surface area contributed by atoms with Crippen LogP contribution in [0.25, 0.3) is 0 Å². The number of methoxy groups -OCH3 is 1. The molecule has 1 aromatic carbocycles. The van der Waals surface area contributed by atoms with Crippen LogP contribution in [0.15, 0.2) is 59.8 Å². The Morgan fingerprint density at radius 1 is 1.18 bits per heavy atom. The highest BCUT2D eigenvalue weighted by atomic mass is 16.5. The van der Waals surface area contributed by atoms with Gasteiger partial charge in [-0.2, -0.15) is 0 Å². The molecule has 0 radical (unpaired) electrons. The molecule has 216 valence electrons. The molecule has 1 aliphatic heterocycles. The lowest BCUT2D eigenvalue weighted by atomic mass is 9.68. The van der Waals surface area contributed by atoms with E-state index in [1.54, 1.807) is 11.8 Å². The summed E-state index contributed by atoms with van der Waals surface area (Å²) in [6, 6.07) is 10.6. The molecule has 1 aromatic rings. The molecular formula is C31H43N5O4. The number of nitrogens with one attached hydrogen (secondary N) is 1. The summed E-state index contributed by atoms with van der Waals surface area (Å²) in [6.07, 6.45) is 9.86. The van der Waals surface area contributed by atoms with E-state index in [0.717, 1.165) is 45.1 Å². The number of benzene rings is 1. The van der Waals surface area contributed by atoms with Crippen LogP contribution in [0, 0.1) is 5.92 Å². The fourth-order valence-electron chi connectivity index (χ4n) is 6.43. The van der Waals surface area contributed by atoms with Crippen molar-refractivity contribution < 1.29 is 19.1 Å². The van der Waals surface area contributed by atoms with Crippen LogP contribution < -0.4 is 5.32 Å². The first kappa shape index (κ1) is 29.5. The first-order chi connectivity index (χ1) is 19.1. The number of aliphatic imine (C=N–C) groups is 1. The lowest BCUT2D eigenvalue weighted by molar-refractivity contribution is -0.135. The summed E-state index contributed by atoms with van der Waals surface area (Å²) in [6.45, 7) is 6.49. The topological polar surface area (TPSA) is 94.5 Å². The monoisotopic (exact) mass is 549 g/mol. The predicted octanol–water partition coefficient (Wildman–Crippen LogP) is 4.07. The van der Waals surface area contributed by atoms with Gasteiger partial charge in [0.15, 0.2) is 0 Å². The molecule has 1 heterocycles. The molecule has 4 rings (SSSR count). The van der Waals surface area contributed by atoms with Crippen LogP contribution in [0.3, 0.4) is 0 Å². The van der Waals surface area contributed by atoms with Crippen molar-refractivity contribution in [3.05, 3.63) is 60.3 Å². The minimum absolute atomic E-state index is 0.0405. The number of rotatable bonds is 9. The van der Waals surface area contributed by atoms with Gasteiger partial charge in [0.05, 0.1) is 18.2 Å². The predicted molar refractivity (Wildman–Crippen MR) is 156 cm³/mol.